The van der Waals surface area contributed by atoms with Gasteiger partial charge >= 0.3 is 0 Å². The molecule has 0 spiro atoms. The van der Waals surface area contributed by atoms with Gasteiger partial charge in [-0.25, -0.2) is 4.98 Å². The maximum Gasteiger partial charge on any atom is 0.209 e. The van der Waals surface area contributed by atoms with Crippen molar-refractivity contribution in [1.29, 1.82) is 5.26 Å². The van der Waals surface area contributed by atoms with Crippen LogP contribution in [0.2, 0.25) is 0 Å². The Morgan fingerprint density at radius 1 is 1.57 bits per heavy atom. The summed E-state index contributed by atoms with van der Waals surface area (Å²) in [6.07, 6.45) is 12.8. The first-order chi connectivity index (χ1) is 11.3. The van der Waals surface area contributed by atoms with E-state index < -0.39 is 0 Å². The summed E-state index contributed by atoms with van der Waals surface area (Å²) in [6.45, 7) is 1.73. The van der Waals surface area contributed by atoms with E-state index in [9.17, 15) is 0 Å². The Labute approximate surface area is 134 Å². The molecule has 1 aromatic heterocycles. The molecule has 1 aromatic rings. The number of imidazole rings is 1. The minimum Gasteiger partial charge on any atom is -0.469 e. The first-order valence-corrected chi connectivity index (χ1v) is 7.43. The molecule has 0 bridgehead atoms. The highest BCUT2D eigenvalue weighted by molar-refractivity contribution is 5.83. The highest BCUT2D eigenvalue weighted by atomic mass is 16.7. The minimum atomic E-state index is 0.0139. The molecule has 3 rings (SSSR count). The molecule has 0 amide bonds. The summed E-state index contributed by atoms with van der Waals surface area (Å²) < 4.78 is 12.8. The van der Waals surface area contributed by atoms with Crippen molar-refractivity contribution in [2.45, 2.75) is 25.5 Å². The molecule has 2 aliphatic rings. The molecule has 2 N–H and O–H groups in total. The first kappa shape index (κ1) is 15.1. The van der Waals surface area contributed by atoms with Gasteiger partial charge in [0.2, 0.25) is 5.96 Å². The number of allylic oxidation sites excluding steroid dienone is 1. The Hall–Kier alpha value is -2.79. The largest absolute Gasteiger partial charge is 0.469 e. The average molecular weight is 314 g/mol. The normalized spacial score (nSPS) is 20.0. The molecule has 8 heteroatoms. The van der Waals surface area contributed by atoms with Crippen molar-refractivity contribution in [3.05, 3.63) is 42.3 Å². The topological polar surface area (TPSA) is 96.5 Å². The Bertz CT molecular complexity index is 656. The van der Waals surface area contributed by atoms with Crippen LogP contribution in [0, 0.1) is 11.5 Å². The maximum absolute atomic E-state index is 8.85. The Morgan fingerprint density at radius 3 is 3.35 bits per heavy atom. The molecule has 8 nitrogen and oxygen atoms in total. The zero-order valence-electron chi connectivity index (χ0n) is 12.6. The fourth-order valence-corrected chi connectivity index (χ4v) is 2.37. The van der Waals surface area contributed by atoms with Crippen LogP contribution in [0.15, 0.2) is 47.3 Å². The number of guanidine groups is 1. The van der Waals surface area contributed by atoms with Gasteiger partial charge in [0.15, 0.2) is 13.0 Å². The number of hydrogen-bond acceptors (Lipinski definition) is 5. The van der Waals surface area contributed by atoms with E-state index in [1.54, 1.807) is 12.5 Å². The molecule has 1 saturated heterocycles. The zero-order chi connectivity index (χ0) is 15.9. The van der Waals surface area contributed by atoms with Crippen molar-refractivity contribution < 1.29 is 9.47 Å². The average Bonchev–Trinajstić information content (AvgIpc) is 3.22. The maximum atomic E-state index is 8.85. The lowest BCUT2D eigenvalue weighted by Crippen LogP contribution is -2.34. The van der Waals surface area contributed by atoms with Gasteiger partial charge in [0.05, 0.1) is 6.33 Å². The smallest absolute Gasteiger partial charge is 0.209 e. The van der Waals surface area contributed by atoms with E-state index in [0.29, 0.717) is 19.3 Å². The number of nitrogens with zero attached hydrogens (tertiary/aromatic N) is 4. The molecule has 0 radical (unpaired) electrons. The molecule has 23 heavy (non-hydrogen) atoms. The van der Waals surface area contributed by atoms with Crippen molar-refractivity contribution in [1.82, 2.24) is 20.2 Å². The van der Waals surface area contributed by atoms with Crippen molar-refractivity contribution in [3.8, 4) is 6.19 Å². The second-order valence-electron chi connectivity index (χ2n) is 5.11. The molecular formula is C15H18N6O2. The highest BCUT2D eigenvalue weighted by Gasteiger charge is 2.25. The molecule has 1 aliphatic heterocycles. The molecule has 0 saturated carbocycles. The van der Waals surface area contributed by atoms with Gasteiger partial charge in [-0.3, -0.25) is 10.3 Å². The standard InChI is InChI=1S/C15H18N6O2/c16-9-19-15(18-4-1-6-21-7-5-17-10-21)20-12-2-3-13-14(8-12)23-11-22-13/h2,5,7-8,10,13H,1,3-4,6,11H2,(H2,18,19,20). The van der Waals surface area contributed by atoms with Crippen LogP contribution in [0.4, 0.5) is 0 Å². The Morgan fingerprint density at radius 2 is 2.52 bits per heavy atom. The third-order valence-electron chi connectivity index (χ3n) is 3.50. The summed E-state index contributed by atoms with van der Waals surface area (Å²) in [5.74, 6) is 1.24. The number of hydrogen-bond donors (Lipinski definition) is 2. The first-order valence-electron chi connectivity index (χ1n) is 7.43. The monoisotopic (exact) mass is 314 g/mol. The van der Waals surface area contributed by atoms with Gasteiger partial charge in [0.25, 0.3) is 0 Å². The molecule has 120 valence electrons. The molecule has 1 fully saturated rings. The number of nitriles is 1. The van der Waals surface area contributed by atoms with E-state index in [-0.39, 0.29) is 6.10 Å². The van der Waals surface area contributed by atoms with E-state index >= 15 is 0 Å². The van der Waals surface area contributed by atoms with Crippen molar-refractivity contribution >= 4 is 5.96 Å². The number of rotatable bonds is 5. The van der Waals surface area contributed by atoms with Crippen LogP contribution in [0.5, 0.6) is 0 Å². The quantitative estimate of drug-likeness (QED) is 0.275. The van der Waals surface area contributed by atoms with Crippen LogP contribution in [0.3, 0.4) is 0 Å². The van der Waals surface area contributed by atoms with E-state index in [1.165, 1.54) is 0 Å². The summed E-state index contributed by atoms with van der Waals surface area (Å²) in [5.41, 5.74) is 0.845. The lowest BCUT2D eigenvalue weighted by molar-refractivity contribution is 0.0508. The van der Waals surface area contributed by atoms with Gasteiger partial charge in [0, 0.05) is 43.7 Å². The van der Waals surface area contributed by atoms with E-state index in [4.69, 9.17) is 14.7 Å². The summed E-state index contributed by atoms with van der Waals surface area (Å²) in [5, 5.41) is 14.5. The highest BCUT2D eigenvalue weighted by Crippen LogP contribution is 2.25. The van der Waals surface area contributed by atoms with Crippen LogP contribution in [0.1, 0.15) is 12.8 Å². The fraction of sp³-hybridized carbons (Fsp3) is 0.400. The van der Waals surface area contributed by atoms with Crippen molar-refractivity contribution in [2.24, 2.45) is 4.99 Å². The minimum absolute atomic E-state index is 0.0139. The molecule has 1 unspecified atom stereocenters. The van der Waals surface area contributed by atoms with Crippen LogP contribution in [0.25, 0.3) is 0 Å². The third kappa shape index (κ3) is 4.11. The lowest BCUT2D eigenvalue weighted by atomic mass is 10.1. The number of aryl methyl sites for hydroxylation is 1. The number of aromatic nitrogens is 2. The SMILES string of the molecule is N#CNC(=NCCCn1ccnc1)NC1=CCC2OCOC2=C1. The third-order valence-corrected chi connectivity index (χ3v) is 3.50. The summed E-state index contributed by atoms with van der Waals surface area (Å²) in [7, 11) is 0. The molecule has 0 aromatic carbocycles. The Balaban J connectivity index is 1.53. The summed E-state index contributed by atoms with van der Waals surface area (Å²) >= 11 is 0. The van der Waals surface area contributed by atoms with Crippen molar-refractivity contribution in [2.75, 3.05) is 13.3 Å². The van der Waals surface area contributed by atoms with Crippen LogP contribution in [-0.2, 0) is 16.0 Å². The van der Waals surface area contributed by atoms with E-state index in [0.717, 1.165) is 30.8 Å². The van der Waals surface area contributed by atoms with Crippen LogP contribution < -0.4 is 10.6 Å². The number of nitrogens with one attached hydrogen (secondary N) is 2. The number of ether oxygens (including phenoxy) is 2. The second kappa shape index (κ2) is 7.47. The predicted octanol–water partition coefficient (Wildman–Crippen LogP) is 0.834. The zero-order valence-corrected chi connectivity index (χ0v) is 12.6. The van der Waals surface area contributed by atoms with E-state index in [1.807, 2.05) is 29.1 Å². The number of fused-ring (bicyclic) bond motifs is 1. The van der Waals surface area contributed by atoms with Gasteiger partial charge in [-0.1, -0.05) is 6.08 Å². The van der Waals surface area contributed by atoms with Gasteiger partial charge in [0.1, 0.15) is 11.9 Å². The fourth-order valence-electron chi connectivity index (χ4n) is 2.37. The number of aliphatic imine (C=N–C) groups is 1. The molecule has 2 heterocycles. The summed E-state index contributed by atoms with van der Waals surface area (Å²) in [6, 6.07) is 0. The van der Waals surface area contributed by atoms with Gasteiger partial charge in [-0.2, -0.15) is 5.26 Å². The van der Waals surface area contributed by atoms with Crippen LogP contribution >= 0.6 is 0 Å². The van der Waals surface area contributed by atoms with Gasteiger partial charge in [-0.15, -0.1) is 0 Å². The lowest BCUT2D eigenvalue weighted by Gasteiger charge is -2.16. The van der Waals surface area contributed by atoms with E-state index in [2.05, 4.69) is 20.6 Å². The summed E-state index contributed by atoms with van der Waals surface area (Å²) in [4.78, 5) is 8.38. The molecule has 1 atom stereocenters. The Kier molecular flexibility index (Phi) is 4.91. The van der Waals surface area contributed by atoms with Gasteiger partial charge < -0.3 is 19.4 Å². The van der Waals surface area contributed by atoms with Crippen LogP contribution in [-0.4, -0.2) is 35.0 Å². The van der Waals surface area contributed by atoms with Crippen molar-refractivity contribution in [3.63, 3.8) is 0 Å². The second-order valence-corrected chi connectivity index (χ2v) is 5.11. The predicted molar refractivity (Wildman–Crippen MR) is 82.6 cm³/mol. The molecular weight excluding hydrogens is 296 g/mol. The molecule has 1 aliphatic carbocycles. The van der Waals surface area contributed by atoms with Gasteiger partial charge in [-0.05, 0) is 6.42 Å².